The molecule has 2 heterocycles. The molecule has 1 aromatic heterocycles. The molecule has 1 aliphatic rings. The smallest absolute Gasteiger partial charge is 0.269 e. The van der Waals surface area contributed by atoms with Gasteiger partial charge in [0.05, 0.1) is 17.1 Å². The van der Waals surface area contributed by atoms with E-state index in [2.05, 4.69) is 14.9 Å². The van der Waals surface area contributed by atoms with Crippen molar-refractivity contribution < 1.29 is 13.2 Å². The number of nitrogens with one attached hydrogen (secondary N) is 1. The van der Waals surface area contributed by atoms with Gasteiger partial charge in [0, 0.05) is 12.2 Å². The Labute approximate surface area is 144 Å². The summed E-state index contributed by atoms with van der Waals surface area (Å²) in [4.78, 5) is 12.7. The lowest BCUT2D eigenvalue weighted by molar-refractivity contribution is 0.103. The van der Waals surface area contributed by atoms with Crippen LogP contribution >= 0.6 is 11.5 Å². The number of aryl methyl sites for hydroxylation is 2. The van der Waals surface area contributed by atoms with Crippen molar-refractivity contribution in [3.05, 3.63) is 34.3 Å². The summed E-state index contributed by atoms with van der Waals surface area (Å²) in [5.41, 5.74) is 2.87. The number of rotatable bonds is 4. The molecule has 1 amide bonds. The number of amides is 1. The number of hydrogen-bond donors (Lipinski definition) is 1. The van der Waals surface area contributed by atoms with E-state index in [0.29, 0.717) is 28.5 Å². The molecule has 0 saturated carbocycles. The fourth-order valence-electron chi connectivity index (χ4n) is 2.71. The van der Waals surface area contributed by atoms with Crippen LogP contribution in [-0.4, -0.2) is 36.2 Å². The molecule has 0 spiro atoms. The zero-order chi connectivity index (χ0) is 17.3. The molecule has 0 fully saturated rings. The SMILES string of the molecule is CCS(=O)(=O)N1CCCc2cc(NC(=O)c3snnc3C)ccc21. The predicted molar refractivity (Wildman–Crippen MR) is 94.2 cm³/mol. The summed E-state index contributed by atoms with van der Waals surface area (Å²) in [6.07, 6.45) is 1.55. The molecule has 2 aromatic rings. The molecule has 1 aliphatic heterocycles. The maximum atomic E-state index is 12.2. The molecule has 0 atom stereocenters. The molecule has 3 rings (SSSR count). The molecule has 0 bridgehead atoms. The summed E-state index contributed by atoms with van der Waals surface area (Å²) in [6.45, 7) is 3.88. The van der Waals surface area contributed by atoms with Gasteiger partial charge in [-0.1, -0.05) is 4.49 Å². The van der Waals surface area contributed by atoms with Crippen LogP contribution in [0.3, 0.4) is 0 Å². The quantitative estimate of drug-likeness (QED) is 0.895. The molecular weight excluding hydrogens is 348 g/mol. The highest BCUT2D eigenvalue weighted by Gasteiger charge is 2.26. The maximum Gasteiger partial charge on any atom is 0.269 e. The molecule has 7 nitrogen and oxygen atoms in total. The second-order valence-electron chi connectivity index (χ2n) is 5.56. The Bertz CT molecular complexity index is 877. The Balaban J connectivity index is 1.87. The Morgan fingerprint density at radius 3 is 2.88 bits per heavy atom. The van der Waals surface area contributed by atoms with E-state index in [0.717, 1.165) is 29.9 Å². The van der Waals surface area contributed by atoms with Crippen molar-refractivity contribution in [3.8, 4) is 0 Å². The van der Waals surface area contributed by atoms with Crippen molar-refractivity contribution >= 4 is 38.8 Å². The summed E-state index contributed by atoms with van der Waals surface area (Å²) in [5, 5.41) is 6.66. The molecule has 0 radical (unpaired) electrons. The molecule has 1 N–H and O–H groups in total. The Hall–Kier alpha value is -2.00. The molecule has 24 heavy (non-hydrogen) atoms. The van der Waals surface area contributed by atoms with Crippen LogP contribution in [0.5, 0.6) is 0 Å². The van der Waals surface area contributed by atoms with Gasteiger partial charge < -0.3 is 5.32 Å². The molecule has 0 aliphatic carbocycles. The lowest BCUT2D eigenvalue weighted by Crippen LogP contribution is -2.36. The zero-order valence-corrected chi connectivity index (χ0v) is 15.1. The molecule has 0 unspecified atom stereocenters. The van der Waals surface area contributed by atoms with E-state index in [1.807, 2.05) is 6.07 Å². The number of aromatic nitrogens is 2. The summed E-state index contributed by atoms with van der Waals surface area (Å²) in [6, 6.07) is 5.33. The Kier molecular flexibility index (Phi) is 4.55. The second-order valence-corrected chi connectivity index (χ2v) is 8.50. The molecular formula is C15H18N4O3S2. The third kappa shape index (κ3) is 3.13. The van der Waals surface area contributed by atoms with E-state index in [-0.39, 0.29) is 11.7 Å². The molecule has 1 aromatic carbocycles. The first-order chi connectivity index (χ1) is 11.4. The van der Waals surface area contributed by atoms with Crippen LogP contribution in [0, 0.1) is 6.92 Å². The van der Waals surface area contributed by atoms with E-state index in [1.54, 1.807) is 26.0 Å². The van der Waals surface area contributed by atoms with Crippen LogP contribution < -0.4 is 9.62 Å². The third-order valence-corrected chi connectivity index (χ3v) is 6.58. The summed E-state index contributed by atoms with van der Waals surface area (Å²) >= 11 is 1.05. The summed E-state index contributed by atoms with van der Waals surface area (Å²) < 4.78 is 29.7. The number of hydrogen-bond acceptors (Lipinski definition) is 6. The van der Waals surface area contributed by atoms with E-state index < -0.39 is 10.0 Å². The highest BCUT2D eigenvalue weighted by Crippen LogP contribution is 2.32. The minimum atomic E-state index is -3.28. The standard InChI is InChI=1S/C15H18N4O3S2/c1-3-24(21,22)19-8-4-5-11-9-12(6-7-13(11)19)16-15(20)14-10(2)17-18-23-14/h6-7,9H,3-5,8H2,1-2H3,(H,16,20). The van der Waals surface area contributed by atoms with Gasteiger partial charge in [-0.25, -0.2) is 8.42 Å². The van der Waals surface area contributed by atoms with Gasteiger partial charge in [-0.3, -0.25) is 9.10 Å². The lowest BCUT2D eigenvalue weighted by atomic mass is 10.0. The number of fused-ring (bicyclic) bond motifs is 1. The predicted octanol–water partition coefficient (Wildman–Crippen LogP) is 2.20. The van der Waals surface area contributed by atoms with Crippen molar-refractivity contribution in [1.82, 2.24) is 9.59 Å². The fourth-order valence-corrected chi connectivity index (χ4v) is 4.46. The van der Waals surface area contributed by atoms with Crippen LogP contribution in [0.4, 0.5) is 11.4 Å². The van der Waals surface area contributed by atoms with E-state index in [1.165, 1.54) is 4.31 Å². The van der Waals surface area contributed by atoms with Crippen LogP contribution in [0.1, 0.15) is 34.3 Å². The average molecular weight is 366 g/mol. The van der Waals surface area contributed by atoms with Gasteiger partial charge in [0.1, 0.15) is 4.88 Å². The van der Waals surface area contributed by atoms with E-state index in [9.17, 15) is 13.2 Å². The highest BCUT2D eigenvalue weighted by molar-refractivity contribution is 7.92. The van der Waals surface area contributed by atoms with Crippen LogP contribution in [0.15, 0.2) is 18.2 Å². The molecule has 0 saturated heterocycles. The molecule has 128 valence electrons. The van der Waals surface area contributed by atoms with Crippen LogP contribution in [-0.2, 0) is 16.4 Å². The number of nitrogens with zero attached hydrogens (tertiary/aromatic N) is 3. The van der Waals surface area contributed by atoms with Crippen LogP contribution in [0.25, 0.3) is 0 Å². The topological polar surface area (TPSA) is 92.3 Å². The Morgan fingerprint density at radius 1 is 1.42 bits per heavy atom. The number of sulfonamides is 1. The second kappa shape index (κ2) is 6.48. The highest BCUT2D eigenvalue weighted by atomic mass is 32.2. The van der Waals surface area contributed by atoms with Gasteiger partial charge in [-0.2, -0.15) is 0 Å². The minimum Gasteiger partial charge on any atom is -0.321 e. The van der Waals surface area contributed by atoms with Gasteiger partial charge >= 0.3 is 0 Å². The number of carbonyl (C=O) groups excluding carboxylic acids is 1. The fraction of sp³-hybridized carbons (Fsp3) is 0.400. The van der Waals surface area contributed by atoms with Gasteiger partial charge in [0.15, 0.2) is 0 Å². The largest absolute Gasteiger partial charge is 0.321 e. The third-order valence-electron chi connectivity index (χ3n) is 3.97. The molecule has 9 heteroatoms. The summed E-state index contributed by atoms with van der Waals surface area (Å²) in [5.74, 6) is -0.181. The number of carbonyl (C=O) groups is 1. The minimum absolute atomic E-state index is 0.0720. The maximum absolute atomic E-state index is 12.2. The number of anilines is 2. The van der Waals surface area contributed by atoms with Gasteiger partial charge in [0.25, 0.3) is 5.91 Å². The zero-order valence-electron chi connectivity index (χ0n) is 13.4. The lowest BCUT2D eigenvalue weighted by Gasteiger charge is -2.30. The first-order valence-corrected chi connectivity index (χ1v) is 10.0. The van der Waals surface area contributed by atoms with Gasteiger partial charge in [-0.15, -0.1) is 5.10 Å². The van der Waals surface area contributed by atoms with Crippen molar-refractivity contribution in [1.29, 1.82) is 0 Å². The Morgan fingerprint density at radius 2 is 2.21 bits per heavy atom. The van der Waals surface area contributed by atoms with Crippen molar-refractivity contribution in [2.75, 3.05) is 21.9 Å². The normalized spacial score (nSPS) is 14.3. The first-order valence-electron chi connectivity index (χ1n) is 7.66. The van der Waals surface area contributed by atoms with Crippen molar-refractivity contribution in [2.24, 2.45) is 0 Å². The van der Waals surface area contributed by atoms with Gasteiger partial charge in [0.2, 0.25) is 10.0 Å². The van der Waals surface area contributed by atoms with E-state index >= 15 is 0 Å². The first kappa shape index (κ1) is 16.8. The summed E-state index contributed by atoms with van der Waals surface area (Å²) in [7, 11) is -3.28. The average Bonchev–Trinajstić information content (AvgIpc) is 3.00. The van der Waals surface area contributed by atoms with Gasteiger partial charge in [-0.05, 0) is 62.0 Å². The monoisotopic (exact) mass is 366 g/mol. The van der Waals surface area contributed by atoms with Crippen molar-refractivity contribution in [3.63, 3.8) is 0 Å². The number of benzene rings is 1. The van der Waals surface area contributed by atoms with Crippen LogP contribution in [0.2, 0.25) is 0 Å². The van der Waals surface area contributed by atoms with Crippen molar-refractivity contribution in [2.45, 2.75) is 26.7 Å². The van der Waals surface area contributed by atoms with E-state index in [4.69, 9.17) is 0 Å².